The van der Waals surface area contributed by atoms with Gasteiger partial charge < -0.3 is 10.8 Å². The Labute approximate surface area is 116 Å². The Hall–Kier alpha value is -3.16. The molecule has 1 aromatic carbocycles. The molecule has 4 N–H and O–H groups in total. The molecule has 0 aliphatic carbocycles. The fourth-order valence-electron chi connectivity index (χ4n) is 2.37. The van der Waals surface area contributed by atoms with Crippen LogP contribution in [0.15, 0.2) is 30.7 Å². The third kappa shape index (κ3) is 1.55. The van der Waals surface area contributed by atoms with Crippen molar-refractivity contribution in [2.45, 2.75) is 0 Å². The first-order valence-corrected chi connectivity index (χ1v) is 6.09. The Kier molecular flexibility index (Phi) is 2.17. The van der Waals surface area contributed by atoms with Crippen molar-refractivity contribution >= 4 is 27.8 Å². The van der Waals surface area contributed by atoms with Crippen LogP contribution in [0.4, 0.5) is 10.2 Å². The first kappa shape index (κ1) is 11.6. The van der Waals surface area contributed by atoms with Crippen molar-refractivity contribution in [1.82, 2.24) is 24.7 Å². The highest BCUT2D eigenvalue weighted by Gasteiger charge is 2.15. The van der Waals surface area contributed by atoms with Gasteiger partial charge in [0.15, 0.2) is 23.0 Å². The van der Waals surface area contributed by atoms with E-state index in [1.54, 1.807) is 16.8 Å². The van der Waals surface area contributed by atoms with E-state index in [1.165, 1.54) is 18.5 Å². The molecule has 0 atom stereocenters. The number of fused-ring (bicyclic) bond motifs is 2. The second kappa shape index (κ2) is 3.92. The summed E-state index contributed by atoms with van der Waals surface area (Å²) < 4.78 is 15.1. The molecule has 3 aromatic heterocycles. The Morgan fingerprint density at radius 1 is 1.29 bits per heavy atom. The molecule has 0 amide bonds. The van der Waals surface area contributed by atoms with Gasteiger partial charge in [0.1, 0.15) is 17.5 Å². The van der Waals surface area contributed by atoms with Gasteiger partial charge in [-0.25, -0.2) is 14.4 Å². The van der Waals surface area contributed by atoms with E-state index < -0.39 is 11.6 Å². The maximum atomic E-state index is 13.4. The number of aromatic nitrogens is 5. The Bertz CT molecular complexity index is 989. The molecule has 0 radical (unpaired) electrons. The van der Waals surface area contributed by atoms with Crippen molar-refractivity contribution in [1.29, 1.82) is 0 Å². The maximum Gasteiger partial charge on any atom is 0.172 e. The summed E-state index contributed by atoms with van der Waals surface area (Å²) in [5.41, 5.74) is 6.98. The zero-order valence-electron chi connectivity index (χ0n) is 10.6. The molecule has 0 aliphatic heterocycles. The van der Waals surface area contributed by atoms with E-state index >= 15 is 0 Å². The highest BCUT2D eigenvalue weighted by molar-refractivity contribution is 5.94. The number of rotatable bonds is 1. The summed E-state index contributed by atoms with van der Waals surface area (Å²) in [6, 6.07) is 4.32. The number of nitrogens with zero attached hydrogens (tertiary/aromatic N) is 4. The van der Waals surface area contributed by atoms with Gasteiger partial charge in [-0.3, -0.25) is 9.67 Å². The molecule has 0 aliphatic rings. The number of benzene rings is 1. The zero-order valence-corrected chi connectivity index (χ0v) is 10.6. The number of nitrogens with two attached hydrogens (primary N) is 1. The Balaban J connectivity index is 2.07. The van der Waals surface area contributed by atoms with Crippen molar-refractivity contribution in [2.24, 2.45) is 0 Å². The van der Waals surface area contributed by atoms with E-state index in [0.717, 1.165) is 0 Å². The van der Waals surface area contributed by atoms with E-state index in [1.807, 2.05) is 0 Å². The molecule has 0 saturated carbocycles. The average molecular weight is 284 g/mol. The SMILES string of the molecule is Nc1ncnc2[nH]nc(-n3ccc4cc(F)c(O)cc43)c12. The largest absolute Gasteiger partial charge is 0.505 e. The number of hydrogen-bond donors (Lipinski definition) is 3. The summed E-state index contributed by atoms with van der Waals surface area (Å²) in [6.07, 6.45) is 3.06. The van der Waals surface area contributed by atoms with Gasteiger partial charge in [0.25, 0.3) is 0 Å². The van der Waals surface area contributed by atoms with Crippen molar-refractivity contribution in [3.05, 3.63) is 36.5 Å². The van der Waals surface area contributed by atoms with Crippen LogP contribution in [0.1, 0.15) is 0 Å². The highest BCUT2D eigenvalue weighted by atomic mass is 19.1. The number of nitrogens with one attached hydrogen (secondary N) is 1. The number of phenols is 1. The third-order valence-electron chi connectivity index (χ3n) is 3.35. The van der Waals surface area contributed by atoms with Gasteiger partial charge in [-0.2, -0.15) is 5.10 Å². The predicted molar refractivity (Wildman–Crippen MR) is 74.6 cm³/mol. The molecular weight excluding hydrogens is 275 g/mol. The second-order valence-electron chi connectivity index (χ2n) is 4.58. The van der Waals surface area contributed by atoms with Crippen LogP contribution in [-0.2, 0) is 0 Å². The Morgan fingerprint density at radius 3 is 3.00 bits per heavy atom. The smallest absolute Gasteiger partial charge is 0.172 e. The van der Waals surface area contributed by atoms with Gasteiger partial charge in [-0.05, 0) is 12.1 Å². The average Bonchev–Trinajstić information content (AvgIpc) is 3.04. The first-order chi connectivity index (χ1) is 10.1. The van der Waals surface area contributed by atoms with Crippen molar-refractivity contribution in [3.63, 3.8) is 0 Å². The van der Waals surface area contributed by atoms with E-state index in [-0.39, 0.29) is 5.82 Å². The molecule has 0 saturated heterocycles. The lowest BCUT2D eigenvalue weighted by molar-refractivity contribution is 0.433. The lowest BCUT2D eigenvalue weighted by atomic mass is 10.2. The summed E-state index contributed by atoms with van der Waals surface area (Å²) in [4.78, 5) is 8.00. The van der Waals surface area contributed by atoms with Gasteiger partial charge in [0.2, 0.25) is 0 Å². The van der Waals surface area contributed by atoms with Gasteiger partial charge in [0.05, 0.1) is 5.52 Å². The first-order valence-electron chi connectivity index (χ1n) is 6.09. The fraction of sp³-hybridized carbons (Fsp3) is 0. The summed E-state index contributed by atoms with van der Waals surface area (Å²) in [5.74, 6) is -0.317. The third-order valence-corrected chi connectivity index (χ3v) is 3.35. The van der Waals surface area contributed by atoms with Crippen LogP contribution in [0.25, 0.3) is 27.8 Å². The minimum atomic E-state index is -0.671. The van der Waals surface area contributed by atoms with Crippen molar-refractivity contribution in [2.75, 3.05) is 5.73 Å². The molecule has 0 bridgehead atoms. The highest BCUT2D eigenvalue weighted by Crippen LogP contribution is 2.29. The number of nitrogen functional groups attached to an aromatic ring is 1. The minimum Gasteiger partial charge on any atom is -0.505 e. The summed E-state index contributed by atoms with van der Waals surface area (Å²) >= 11 is 0. The molecule has 0 spiro atoms. The van der Waals surface area contributed by atoms with Crippen LogP contribution in [0.2, 0.25) is 0 Å². The molecule has 21 heavy (non-hydrogen) atoms. The monoisotopic (exact) mass is 284 g/mol. The number of hydrogen-bond acceptors (Lipinski definition) is 5. The van der Waals surface area contributed by atoms with E-state index in [2.05, 4.69) is 20.2 Å². The molecule has 4 rings (SSSR count). The topological polar surface area (TPSA) is 106 Å². The molecule has 7 nitrogen and oxygen atoms in total. The van der Waals surface area contributed by atoms with Crippen LogP contribution in [-0.4, -0.2) is 29.8 Å². The number of H-pyrrole nitrogens is 1. The number of anilines is 1. The van der Waals surface area contributed by atoms with Crippen LogP contribution < -0.4 is 5.73 Å². The molecule has 0 unspecified atom stereocenters. The van der Waals surface area contributed by atoms with Crippen LogP contribution in [0, 0.1) is 5.82 Å². The molecular formula is C13H9FN6O. The van der Waals surface area contributed by atoms with Gasteiger partial charge in [0, 0.05) is 17.6 Å². The standard InChI is InChI=1S/C13H9FN6O/c14-7-3-6-1-2-20(8(6)4-9(7)21)13-10-11(15)16-5-17-12(10)18-19-13/h1-5,21H,(H3,15,16,17,18,19). The molecule has 104 valence electrons. The Morgan fingerprint density at radius 2 is 2.14 bits per heavy atom. The van der Waals surface area contributed by atoms with Crippen LogP contribution in [0.3, 0.4) is 0 Å². The molecule has 8 heteroatoms. The summed E-state index contributed by atoms with van der Waals surface area (Å²) in [6.45, 7) is 0. The molecule has 4 aromatic rings. The molecule has 3 heterocycles. The zero-order chi connectivity index (χ0) is 14.6. The number of halogens is 1. The van der Waals surface area contributed by atoms with Crippen LogP contribution >= 0.6 is 0 Å². The van der Waals surface area contributed by atoms with Gasteiger partial charge in [-0.1, -0.05) is 0 Å². The van der Waals surface area contributed by atoms with Gasteiger partial charge in [-0.15, -0.1) is 0 Å². The lowest BCUT2D eigenvalue weighted by Crippen LogP contribution is -1.97. The number of aromatic amines is 1. The molecule has 0 fully saturated rings. The number of aromatic hydroxyl groups is 1. The second-order valence-corrected chi connectivity index (χ2v) is 4.58. The predicted octanol–water partition coefficient (Wildman–Crippen LogP) is 1.72. The number of phenolic OH excluding ortho intramolecular Hbond substituents is 1. The van der Waals surface area contributed by atoms with Crippen LogP contribution in [0.5, 0.6) is 5.75 Å². The summed E-state index contributed by atoms with van der Waals surface area (Å²) in [5, 5.41) is 17.7. The maximum absolute atomic E-state index is 13.4. The van der Waals surface area contributed by atoms with E-state index in [0.29, 0.717) is 27.8 Å². The van der Waals surface area contributed by atoms with E-state index in [4.69, 9.17) is 5.73 Å². The fourth-order valence-corrected chi connectivity index (χ4v) is 2.37. The normalized spacial score (nSPS) is 11.5. The van der Waals surface area contributed by atoms with Gasteiger partial charge >= 0.3 is 0 Å². The summed E-state index contributed by atoms with van der Waals surface area (Å²) in [7, 11) is 0. The minimum absolute atomic E-state index is 0.289. The van der Waals surface area contributed by atoms with E-state index in [9.17, 15) is 9.50 Å². The van der Waals surface area contributed by atoms with Crippen molar-refractivity contribution in [3.8, 4) is 11.6 Å². The quantitative estimate of drug-likeness (QED) is 0.493. The lowest BCUT2D eigenvalue weighted by Gasteiger charge is -2.04. The van der Waals surface area contributed by atoms with Crippen molar-refractivity contribution < 1.29 is 9.50 Å².